The third-order valence-electron chi connectivity index (χ3n) is 4.77. The van der Waals surface area contributed by atoms with E-state index in [2.05, 4.69) is 5.32 Å². The van der Waals surface area contributed by atoms with Crippen molar-refractivity contribution in [1.29, 1.82) is 0 Å². The van der Waals surface area contributed by atoms with Gasteiger partial charge in [0, 0.05) is 12.6 Å². The first-order valence-corrected chi connectivity index (χ1v) is 9.47. The van der Waals surface area contributed by atoms with E-state index in [0.29, 0.717) is 12.5 Å². The normalized spacial score (nSPS) is 24.5. The predicted molar refractivity (Wildman–Crippen MR) is 90.2 cm³/mol. The Morgan fingerprint density at radius 1 is 1.42 bits per heavy atom. The van der Waals surface area contributed by atoms with Gasteiger partial charge >= 0.3 is 0 Å². The number of nitrogens with two attached hydrogens (primary N) is 1. The molecule has 1 aromatic rings. The summed E-state index contributed by atoms with van der Waals surface area (Å²) in [6, 6.07) is 3.58. The minimum absolute atomic E-state index is 0.267. The number of anilines is 1. The van der Waals surface area contributed by atoms with Gasteiger partial charge in [0.2, 0.25) is 10.0 Å². The lowest BCUT2D eigenvalue weighted by atomic mass is 9.77. The summed E-state index contributed by atoms with van der Waals surface area (Å²) in [7, 11) is -3.99. The maximum absolute atomic E-state index is 11.3. The first kappa shape index (κ1) is 18.6. The third-order valence-corrected chi connectivity index (χ3v) is 5.68. The molecule has 0 amide bonds. The van der Waals surface area contributed by atoms with Crippen LogP contribution in [0, 0.1) is 16.0 Å². The topological polar surface area (TPSA) is 136 Å². The molecule has 0 bridgehead atoms. The van der Waals surface area contributed by atoms with Crippen molar-refractivity contribution in [2.75, 3.05) is 11.9 Å². The quantitative estimate of drug-likeness (QED) is 0.526. The molecule has 9 heteroatoms. The number of rotatable bonds is 6. The van der Waals surface area contributed by atoms with Gasteiger partial charge in [0.15, 0.2) is 0 Å². The minimum Gasteiger partial charge on any atom is -0.390 e. The SMILES string of the molecule is CC[C@]1(O)CC[C@H](CNc2ccc(S(N)(=O)=O)cc2[N+](=O)[O-])CC1. The summed E-state index contributed by atoms with van der Waals surface area (Å²) in [6.45, 7) is 2.50. The fourth-order valence-electron chi connectivity index (χ4n) is 3.02. The molecule has 0 radical (unpaired) electrons. The fourth-order valence-corrected chi connectivity index (χ4v) is 3.55. The summed E-state index contributed by atoms with van der Waals surface area (Å²) in [5.74, 6) is 0.314. The van der Waals surface area contributed by atoms with Crippen LogP contribution in [0.1, 0.15) is 39.0 Å². The molecule has 1 aliphatic carbocycles. The molecule has 0 saturated heterocycles. The second-order valence-corrected chi connectivity index (χ2v) is 7.94. The summed E-state index contributed by atoms with van der Waals surface area (Å²) in [5.41, 5.74) is -0.634. The smallest absolute Gasteiger partial charge is 0.293 e. The van der Waals surface area contributed by atoms with Crippen molar-refractivity contribution in [3.63, 3.8) is 0 Å². The molecule has 134 valence electrons. The number of hydrogen-bond acceptors (Lipinski definition) is 6. The maximum atomic E-state index is 11.3. The van der Waals surface area contributed by atoms with E-state index >= 15 is 0 Å². The average Bonchev–Trinajstić information content (AvgIpc) is 2.53. The lowest BCUT2D eigenvalue weighted by Crippen LogP contribution is -2.34. The van der Waals surface area contributed by atoms with E-state index in [-0.39, 0.29) is 16.3 Å². The number of nitrogens with zero attached hydrogens (tertiary/aromatic N) is 1. The number of hydrogen-bond donors (Lipinski definition) is 3. The zero-order chi connectivity index (χ0) is 18.0. The number of nitro benzene ring substituents is 1. The van der Waals surface area contributed by atoms with E-state index < -0.39 is 20.5 Å². The number of primary sulfonamides is 1. The number of sulfonamides is 1. The largest absolute Gasteiger partial charge is 0.390 e. The molecule has 1 aliphatic rings. The van der Waals surface area contributed by atoms with Crippen molar-refractivity contribution in [3.8, 4) is 0 Å². The summed E-state index contributed by atoms with van der Waals surface area (Å²) >= 11 is 0. The summed E-state index contributed by atoms with van der Waals surface area (Å²) < 4.78 is 22.6. The molecule has 1 saturated carbocycles. The van der Waals surface area contributed by atoms with E-state index in [9.17, 15) is 23.6 Å². The van der Waals surface area contributed by atoms with Crippen molar-refractivity contribution >= 4 is 21.4 Å². The first-order chi connectivity index (χ1) is 11.1. The van der Waals surface area contributed by atoms with Gasteiger partial charge in [-0.1, -0.05) is 6.92 Å². The van der Waals surface area contributed by atoms with E-state index in [1.165, 1.54) is 12.1 Å². The van der Waals surface area contributed by atoms with Crippen LogP contribution in [0.4, 0.5) is 11.4 Å². The molecule has 0 aromatic heterocycles. The molecule has 0 aliphatic heterocycles. The van der Waals surface area contributed by atoms with Crippen molar-refractivity contribution in [2.24, 2.45) is 11.1 Å². The van der Waals surface area contributed by atoms with Crippen LogP contribution in [0.15, 0.2) is 23.1 Å². The van der Waals surface area contributed by atoms with Crippen LogP contribution < -0.4 is 10.5 Å². The third kappa shape index (κ3) is 4.43. The van der Waals surface area contributed by atoms with Gasteiger partial charge in [-0.15, -0.1) is 0 Å². The average molecular weight is 357 g/mol. The maximum Gasteiger partial charge on any atom is 0.293 e. The van der Waals surface area contributed by atoms with Crippen molar-refractivity contribution in [2.45, 2.75) is 49.5 Å². The summed E-state index contributed by atoms with van der Waals surface area (Å²) in [4.78, 5) is 10.3. The molecular weight excluding hydrogens is 334 g/mol. The summed E-state index contributed by atoms with van der Waals surface area (Å²) in [6.07, 6.45) is 3.87. The number of benzene rings is 1. The Kier molecular flexibility index (Phi) is 5.46. The predicted octanol–water partition coefficient (Wildman–Crippen LogP) is 1.99. The van der Waals surface area contributed by atoms with Gasteiger partial charge < -0.3 is 10.4 Å². The van der Waals surface area contributed by atoms with E-state index in [1.54, 1.807) is 0 Å². The van der Waals surface area contributed by atoms with Gasteiger partial charge in [-0.25, -0.2) is 13.6 Å². The Morgan fingerprint density at radius 2 is 2.04 bits per heavy atom. The van der Waals surface area contributed by atoms with Crippen LogP contribution in [0.3, 0.4) is 0 Å². The Morgan fingerprint density at radius 3 is 2.54 bits per heavy atom. The fraction of sp³-hybridized carbons (Fsp3) is 0.600. The molecule has 0 heterocycles. The Balaban J connectivity index is 2.06. The highest BCUT2D eigenvalue weighted by molar-refractivity contribution is 7.89. The van der Waals surface area contributed by atoms with Gasteiger partial charge in [-0.3, -0.25) is 10.1 Å². The molecule has 4 N–H and O–H groups in total. The van der Waals surface area contributed by atoms with Crippen LogP contribution in [0.25, 0.3) is 0 Å². The van der Waals surface area contributed by atoms with Gasteiger partial charge in [0.25, 0.3) is 5.69 Å². The molecule has 2 rings (SSSR count). The highest BCUT2D eigenvalue weighted by Gasteiger charge is 2.31. The molecule has 1 aromatic carbocycles. The van der Waals surface area contributed by atoms with Crippen LogP contribution in [-0.4, -0.2) is 30.6 Å². The molecule has 0 unspecified atom stereocenters. The molecule has 1 fully saturated rings. The van der Waals surface area contributed by atoms with Crippen LogP contribution in [0.2, 0.25) is 0 Å². The van der Waals surface area contributed by atoms with Crippen LogP contribution >= 0.6 is 0 Å². The molecule has 8 nitrogen and oxygen atoms in total. The second kappa shape index (κ2) is 7.04. The molecule has 0 atom stereocenters. The Hall–Kier alpha value is -1.71. The minimum atomic E-state index is -3.99. The van der Waals surface area contributed by atoms with E-state index in [0.717, 1.165) is 38.2 Å². The standard InChI is InChI=1S/C15H23N3O5S/c1-2-15(19)7-5-11(6-8-15)10-17-13-4-3-12(24(16,22)23)9-14(13)18(20)21/h3-4,9,11,17,19H,2,5-8,10H2,1H3,(H2,16,22,23)/t11-,15-. The lowest BCUT2D eigenvalue weighted by molar-refractivity contribution is -0.384. The van der Waals surface area contributed by atoms with Crippen LogP contribution in [-0.2, 0) is 10.0 Å². The van der Waals surface area contributed by atoms with Crippen LogP contribution in [0.5, 0.6) is 0 Å². The zero-order valence-corrected chi connectivity index (χ0v) is 14.4. The van der Waals surface area contributed by atoms with E-state index in [4.69, 9.17) is 5.14 Å². The zero-order valence-electron chi connectivity index (χ0n) is 13.6. The van der Waals surface area contributed by atoms with Crippen molar-refractivity contribution in [1.82, 2.24) is 0 Å². The monoisotopic (exact) mass is 357 g/mol. The lowest BCUT2D eigenvalue weighted by Gasteiger charge is -2.35. The van der Waals surface area contributed by atoms with Gasteiger partial charge in [0.05, 0.1) is 15.4 Å². The van der Waals surface area contributed by atoms with E-state index in [1.807, 2.05) is 6.92 Å². The van der Waals surface area contributed by atoms with Gasteiger partial charge in [-0.05, 0) is 50.2 Å². The highest BCUT2D eigenvalue weighted by atomic mass is 32.2. The Bertz CT molecular complexity index is 712. The van der Waals surface area contributed by atoms with Crippen molar-refractivity contribution in [3.05, 3.63) is 28.3 Å². The molecular formula is C15H23N3O5S. The summed E-state index contributed by atoms with van der Waals surface area (Å²) in [5, 5.41) is 29.4. The number of nitro groups is 1. The first-order valence-electron chi connectivity index (χ1n) is 7.92. The number of nitrogens with one attached hydrogen (secondary N) is 1. The van der Waals surface area contributed by atoms with Gasteiger partial charge in [-0.2, -0.15) is 0 Å². The van der Waals surface area contributed by atoms with Crippen molar-refractivity contribution < 1.29 is 18.4 Å². The second-order valence-electron chi connectivity index (χ2n) is 6.38. The highest BCUT2D eigenvalue weighted by Crippen LogP contribution is 2.35. The van der Waals surface area contributed by atoms with Gasteiger partial charge in [0.1, 0.15) is 5.69 Å². The molecule has 24 heavy (non-hydrogen) atoms. The Labute approximate surface area is 141 Å². The molecule has 0 spiro atoms. The number of aliphatic hydroxyl groups is 1.